The molecular weight excluding hydrogens is 235 g/mol. The molecule has 1 heterocycles. The minimum Gasteiger partial charge on any atom is -0.278 e. The van der Waals surface area contributed by atoms with Crippen LogP contribution in [0.1, 0.15) is 5.56 Å². The zero-order chi connectivity index (χ0) is 9.97. The zero-order valence-corrected chi connectivity index (χ0v) is 9.52. The maximum Gasteiger partial charge on any atom is 0.331 e. The Morgan fingerprint density at radius 2 is 2.07 bits per heavy atom. The van der Waals surface area contributed by atoms with Crippen LogP contribution in [0.3, 0.4) is 0 Å². The number of nitrogen functional groups attached to an aromatic ring is 1. The van der Waals surface area contributed by atoms with E-state index in [1.54, 1.807) is 12.1 Å². The van der Waals surface area contributed by atoms with Crippen molar-refractivity contribution in [1.29, 1.82) is 0 Å². The Hall–Kier alpha value is -1.13. The van der Waals surface area contributed by atoms with Crippen LogP contribution in [0.5, 0.6) is 0 Å². The lowest BCUT2D eigenvalue weighted by Crippen LogP contribution is -2.34. The fourth-order valence-electron chi connectivity index (χ4n) is 1.26. The summed E-state index contributed by atoms with van der Waals surface area (Å²) in [6, 6.07) is 6.72. The number of hydrogen-bond donors (Lipinski definition) is 1. The predicted octanol–water partition coefficient (Wildman–Crippen LogP) is 2.23. The largest absolute Gasteiger partial charge is 0.331 e. The number of hydrogen-bond acceptors (Lipinski definition) is 2. The fraction of sp³-hybridized carbons (Fsp3) is 0.100. The lowest BCUT2D eigenvalue weighted by Gasteiger charge is -2.00. The van der Waals surface area contributed by atoms with Gasteiger partial charge >= 0.3 is 5.13 Å². The van der Waals surface area contributed by atoms with Crippen LogP contribution in [0.4, 0.5) is 9.52 Å². The van der Waals surface area contributed by atoms with Gasteiger partial charge in [-0.1, -0.05) is 29.5 Å². The topological polar surface area (TPSA) is 29.9 Å². The molecule has 1 aromatic carbocycles. The molecular formula is C10H11ClFN2S+. The van der Waals surface area contributed by atoms with Crippen molar-refractivity contribution in [3.05, 3.63) is 47.2 Å². The summed E-state index contributed by atoms with van der Waals surface area (Å²) < 4.78 is 15.1. The molecule has 0 aliphatic rings. The molecule has 0 saturated heterocycles. The van der Waals surface area contributed by atoms with Crippen molar-refractivity contribution in [2.24, 2.45) is 0 Å². The molecule has 0 aliphatic heterocycles. The van der Waals surface area contributed by atoms with Gasteiger partial charge < -0.3 is 0 Å². The molecule has 5 heteroatoms. The smallest absolute Gasteiger partial charge is 0.278 e. The van der Waals surface area contributed by atoms with Crippen molar-refractivity contribution < 1.29 is 8.96 Å². The number of halogens is 2. The van der Waals surface area contributed by atoms with Crippen molar-refractivity contribution in [2.75, 3.05) is 5.73 Å². The number of thiazole rings is 1. The van der Waals surface area contributed by atoms with Crippen LogP contribution in [-0.4, -0.2) is 0 Å². The van der Waals surface area contributed by atoms with Gasteiger partial charge in [-0.05, 0) is 6.07 Å². The van der Waals surface area contributed by atoms with Crippen LogP contribution in [0.2, 0.25) is 0 Å². The molecule has 0 radical (unpaired) electrons. The number of aromatic nitrogens is 1. The molecule has 0 atom stereocenters. The molecule has 2 aromatic rings. The molecule has 80 valence electrons. The van der Waals surface area contributed by atoms with E-state index in [0.29, 0.717) is 17.2 Å². The third-order valence-corrected chi connectivity index (χ3v) is 2.74. The maximum absolute atomic E-state index is 13.3. The number of benzene rings is 1. The lowest BCUT2D eigenvalue weighted by atomic mass is 10.2. The molecule has 2 N–H and O–H groups in total. The summed E-state index contributed by atoms with van der Waals surface area (Å²) in [5.41, 5.74) is 6.35. The zero-order valence-electron chi connectivity index (χ0n) is 7.89. The van der Waals surface area contributed by atoms with E-state index in [-0.39, 0.29) is 18.2 Å². The van der Waals surface area contributed by atoms with Crippen LogP contribution < -0.4 is 10.3 Å². The summed E-state index contributed by atoms with van der Waals surface area (Å²) in [6.07, 6.45) is 1.85. The third kappa shape index (κ3) is 2.67. The first-order valence-electron chi connectivity index (χ1n) is 4.23. The van der Waals surface area contributed by atoms with E-state index in [4.69, 9.17) is 5.73 Å². The van der Waals surface area contributed by atoms with Gasteiger partial charge in [0.2, 0.25) is 0 Å². The normalized spacial score (nSPS) is 9.67. The first-order chi connectivity index (χ1) is 6.77. The quantitative estimate of drug-likeness (QED) is 0.808. The Labute approximate surface area is 97.6 Å². The second kappa shape index (κ2) is 5.09. The second-order valence-corrected chi connectivity index (χ2v) is 3.89. The molecule has 1 aromatic heterocycles. The standard InChI is InChI=1S/C10H9FN2S.ClH/c11-9-4-2-1-3-8(9)7-13-5-6-14-10(13)12;/h1-6,12H,7H2;1H/p+1. The van der Waals surface area contributed by atoms with Crippen LogP contribution in [-0.2, 0) is 6.54 Å². The van der Waals surface area contributed by atoms with Crippen molar-refractivity contribution >= 4 is 28.9 Å². The van der Waals surface area contributed by atoms with Gasteiger partial charge in [0.15, 0.2) is 0 Å². The summed E-state index contributed by atoms with van der Waals surface area (Å²) in [4.78, 5) is 0. The summed E-state index contributed by atoms with van der Waals surface area (Å²) in [5, 5.41) is 2.57. The molecule has 0 unspecified atom stereocenters. The van der Waals surface area contributed by atoms with Crippen LogP contribution in [0.15, 0.2) is 35.8 Å². The molecule has 0 spiro atoms. The van der Waals surface area contributed by atoms with Gasteiger partial charge in [-0.15, -0.1) is 12.4 Å². The van der Waals surface area contributed by atoms with E-state index in [9.17, 15) is 4.39 Å². The first-order valence-corrected chi connectivity index (χ1v) is 5.11. The highest BCUT2D eigenvalue weighted by molar-refractivity contribution is 7.12. The first kappa shape index (κ1) is 11.9. The number of nitrogens with two attached hydrogens (primary N) is 1. The van der Waals surface area contributed by atoms with Gasteiger partial charge in [0, 0.05) is 10.9 Å². The summed E-state index contributed by atoms with van der Waals surface area (Å²) in [7, 11) is 0. The number of nitrogens with zero attached hydrogens (tertiary/aromatic N) is 1. The Morgan fingerprint density at radius 1 is 1.33 bits per heavy atom. The van der Waals surface area contributed by atoms with Gasteiger partial charge in [-0.25, -0.2) is 8.96 Å². The van der Waals surface area contributed by atoms with Gasteiger partial charge in [0.25, 0.3) is 0 Å². The van der Waals surface area contributed by atoms with E-state index in [0.717, 1.165) is 0 Å². The lowest BCUT2D eigenvalue weighted by molar-refractivity contribution is -0.670. The molecule has 0 amide bonds. The summed E-state index contributed by atoms with van der Waals surface area (Å²) in [6.45, 7) is 0.488. The Kier molecular flexibility index (Phi) is 4.05. The Balaban J connectivity index is 0.00000112. The van der Waals surface area contributed by atoms with Crippen LogP contribution in [0, 0.1) is 5.82 Å². The van der Waals surface area contributed by atoms with Crippen molar-refractivity contribution in [1.82, 2.24) is 0 Å². The average Bonchev–Trinajstić information content (AvgIpc) is 2.56. The van der Waals surface area contributed by atoms with Gasteiger partial charge in [-0.2, -0.15) is 0 Å². The van der Waals surface area contributed by atoms with E-state index < -0.39 is 0 Å². The maximum atomic E-state index is 13.3. The van der Waals surface area contributed by atoms with Gasteiger partial charge in [0.1, 0.15) is 18.6 Å². The molecule has 0 bridgehead atoms. The van der Waals surface area contributed by atoms with Gasteiger partial charge in [0.05, 0.1) is 0 Å². The van der Waals surface area contributed by atoms with Crippen molar-refractivity contribution in [3.63, 3.8) is 0 Å². The number of anilines is 1. The van der Waals surface area contributed by atoms with Gasteiger partial charge in [-0.3, -0.25) is 5.73 Å². The van der Waals surface area contributed by atoms with E-state index in [2.05, 4.69) is 0 Å². The highest BCUT2D eigenvalue weighted by Gasteiger charge is 2.08. The highest BCUT2D eigenvalue weighted by Crippen LogP contribution is 2.08. The van der Waals surface area contributed by atoms with Crippen LogP contribution in [0.25, 0.3) is 0 Å². The SMILES string of the molecule is Cl.Nc1scc[n+]1Cc1ccccc1F. The minimum atomic E-state index is -0.189. The monoisotopic (exact) mass is 245 g/mol. The van der Waals surface area contributed by atoms with E-state index in [1.807, 2.05) is 22.2 Å². The molecule has 0 saturated carbocycles. The van der Waals surface area contributed by atoms with Crippen molar-refractivity contribution in [2.45, 2.75) is 6.54 Å². The second-order valence-electron chi connectivity index (χ2n) is 2.96. The summed E-state index contributed by atoms with van der Waals surface area (Å²) in [5.74, 6) is -0.189. The van der Waals surface area contributed by atoms with Crippen molar-refractivity contribution in [3.8, 4) is 0 Å². The van der Waals surface area contributed by atoms with E-state index >= 15 is 0 Å². The summed E-state index contributed by atoms with van der Waals surface area (Å²) >= 11 is 1.45. The fourth-order valence-corrected chi connectivity index (χ4v) is 1.86. The molecule has 2 rings (SSSR count). The van der Waals surface area contributed by atoms with E-state index in [1.165, 1.54) is 17.4 Å². The Bertz CT molecular complexity index is 444. The Morgan fingerprint density at radius 3 is 2.67 bits per heavy atom. The minimum absolute atomic E-state index is 0. The molecule has 0 aliphatic carbocycles. The van der Waals surface area contributed by atoms with Crippen LogP contribution >= 0.6 is 23.7 Å². The number of rotatable bonds is 2. The predicted molar refractivity (Wildman–Crippen MR) is 61.7 cm³/mol. The highest BCUT2D eigenvalue weighted by atomic mass is 35.5. The third-order valence-electron chi connectivity index (χ3n) is 2.01. The molecule has 15 heavy (non-hydrogen) atoms. The average molecular weight is 246 g/mol. The molecule has 0 fully saturated rings. The molecule has 2 nitrogen and oxygen atoms in total.